The Labute approximate surface area is 87.2 Å². The summed E-state index contributed by atoms with van der Waals surface area (Å²) in [6.07, 6.45) is 8.53. The van der Waals surface area contributed by atoms with Gasteiger partial charge in [-0.05, 0) is 37.6 Å². The quantitative estimate of drug-likeness (QED) is 0.674. The van der Waals surface area contributed by atoms with E-state index in [1.807, 2.05) is 0 Å². The lowest BCUT2D eigenvalue weighted by Crippen LogP contribution is -2.31. The fourth-order valence-corrected chi connectivity index (χ4v) is 2.27. The monoisotopic (exact) mass is 194 g/mol. The summed E-state index contributed by atoms with van der Waals surface area (Å²) in [5.41, 5.74) is 5.85. The van der Waals surface area contributed by atoms with Crippen LogP contribution in [0, 0.1) is 11.8 Å². The number of rotatable bonds is 5. The first kappa shape index (κ1) is 10.2. The van der Waals surface area contributed by atoms with Gasteiger partial charge in [0.25, 0.3) is 0 Å². The normalized spacial score (nSPS) is 31.6. The number of hydrogen-bond donors (Lipinski definition) is 1. The van der Waals surface area contributed by atoms with Crippen molar-refractivity contribution < 1.29 is 0 Å². The zero-order valence-corrected chi connectivity index (χ0v) is 9.15. The Kier molecular flexibility index (Phi) is 3.24. The molecule has 2 aliphatic rings. The third-order valence-corrected chi connectivity index (χ3v) is 3.36. The second-order valence-corrected chi connectivity index (χ2v) is 4.84. The van der Waals surface area contributed by atoms with E-state index in [0.717, 1.165) is 12.3 Å². The van der Waals surface area contributed by atoms with Gasteiger partial charge >= 0.3 is 0 Å². The zero-order valence-electron chi connectivity index (χ0n) is 9.15. The second kappa shape index (κ2) is 4.45. The van der Waals surface area contributed by atoms with Gasteiger partial charge in [-0.3, -0.25) is 0 Å². The number of hydrogen-bond acceptors (Lipinski definition) is 2. The van der Waals surface area contributed by atoms with Crippen molar-refractivity contribution in [2.24, 2.45) is 17.6 Å². The highest BCUT2D eigenvalue weighted by atomic mass is 15.1. The van der Waals surface area contributed by atoms with E-state index in [2.05, 4.69) is 24.0 Å². The molecular formula is C12H22N2. The molecule has 2 nitrogen and oxygen atoms in total. The van der Waals surface area contributed by atoms with Crippen LogP contribution in [0.1, 0.15) is 26.2 Å². The molecule has 2 heteroatoms. The van der Waals surface area contributed by atoms with Crippen molar-refractivity contribution in [1.82, 2.24) is 4.90 Å². The molecule has 2 rings (SSSR count). The molecule has 0 heterocycles. The van der Waals surface area contributed by atoms with E-state index in [9.17, 15) is 0 Å². The molecule has 2 N–H and O–H groups in total. The van der Waals surface area contributed by atoms with E-state index >= 15 is 0 Å². The van der Waals surface area contributed by atoms with Gasteiger partial charge in [-0.15, -0.1) is 0 Å². The van der Waals surface area contributed by atoms with Gasteiger partial charge in [0, 0.05) is 19.1 Å². The summed E-state index contributed by atoms with van der Waals surface area (Å²) in [7, 11) is 0. The van der Waals surface area contributed by atoms with Gasteiger partial charge in [0.1, 0.15) is 0 Å². The standard InChI is InChI=1S/C12H22N2/c1-2-14(8-10-3-4-10)9-11-5-6-12(13)7-11/h5-6,10-12H,2-4,7-9,13H2,1H3. The molecular weight excluding hydrogens is 172 g/mol. The summed E-state index contributed by atoms with van der Waals surface area (Å²) in [6.45, 7) is 5.99. The third-order valence-electron chi connectivity index (χ3n) is 3.36. The molecule has 0 aliphatic heterocycles. The van der Waals surface area contributed by atoms with Gasteiger partial charge in [-0.25, -0.2) is 0 Å². The van der Waals surface area contributed by atoms with E-state index < -0.39 is 0 Å². The Morgan fingerprint density at radius 1 is 1.29 bits per heavy atom. The van der Waals surface area contributed by atoms with Crippen molar-refractivity contribution in [2.75, 3.05) is 19.6 Å². The lowest BCUT2D eigenvalue weighted by Gasteiger charge is -2.23. The summed E-state index contributed by atoms with van der Waals surface area (Å²) in [4.78, 5) is 2.59. The Hall–Kier alpha value is -0.340. The minimum Gasteiger partial charge on any atom is -0.324 e. The van der Waals surface area contributed by atoms with Gasteiger partial charge in [0.05, 0.1) is 0 Å². The molecule has 0 aromatic rings. The number of nitrogens with two attached hydrogens (primary N) is 1. The maximum atomic E-state index is 5.85. The van der Waals surface area contributed by atoms with Crippen LogP contribution >= 0.6 is 0 Å². The Morgan fingerprint density at radius 2 is 2.07 bits per heavy atom. The van der Waals surface area contributed by atoms with E-state index in [-0.39, 0.29) is 0 Å². The molecule has 1 fully saturated rings. The fourth-order valence-electron chi connectivity index (χ4n) is 2.27. The largest absolute Gasteiger partial charge is 0.324 e. The molecule has 0 aromatic heterocycles. The molecule has 14 heavy (non-hydrogen) atoms. The van der Waals surface area contributed by atoms with Crippen LogP contribution in [0.3, 0.4) is 0 Å². The van der Waals surface area contributed by atoms with Gasteiger partial charge in [-0.1, -0.05) is 19.1 Å². The van der Waals surface area contributed by atoms with Gasteiger partial charge < -0.3 is 10.6 Å². The predicted octanol–water partition coefficient (Wildman–Crippen LogP) is 1.62. The molecule has 0 bridgehead atoms. The summed E-state index contributed by atoms with van der Waals surface area (Å²) in [5, 5.41) is 0. The average molecular weight is 194 g/mol. The summed E-state index contributed by atoms with van der Waals surface area (Å²) in [5.74, 6) is 1.72. The topological polar surface area (TPSA) is 29.3 Å². The van der Waals surface area contributed by atoms with Gasteiger partial charge in [0.2, 0.25) is 0 Å². The minimum atomic E-state index is 0.319. The van der Waals surface area contributed by atoms with E-state index in [4.69, 9.17) is 5.73 Å². The van der Waals surface area contributed by atoms with E-state index in [1.165, 1.54) is 32.5 Å². The van der Waals surface area contributed by atoms with Crippen LogP contribution in [0.15, 0.2) is 12.2 Å². The Balaban J connectivity index is 1.73. The van der Waals surface area contributed by atoms with Crippen molar-refractivity contribution in [2.45, 2.75) is 32.2 Å². The zero-order chi connectivity index (χ0) is 9.97. The number of nitrogens with zero attached hydrogens (tertiary/aromatic N) is 1. The van der Waals surface area contributed by atoms with Gasteiger partial charge in [0.15, 0.2) is 0 Å². The van der Waals surface area contributed by atoms with Crippen molar-refractivity contribution in [3.63, 3.8) is 0 Å². The lowest BCUT2D eigenvalue weighted by molar-refractivity contribution is 0.247. The van der Waals surface area contributed by atoms with Crippen molar-refractivity contribution in [3.05, 3.63) is 12.2 Å². The van der Waals surface area contributed by atoms with Crippen molar-refractivity contribution in [3.8, 4) is 0 Å². The predicted molar refractivity (Wildman–Crippen MR) is 60.1 cm³/mol. The Bertz CT molecular complexity index is 208. The molecule has 2 atom stereocenters. The first-order chi connectivity index (χ1) is 6.78. The first-order valence-electron chi connectivity index (χ1n) is 5.94. The molecule has 0 aromatic carbocycles. The van der Waals surface area contributed by atoms with Gasteiger partial charge in [-0.2, -0.15) is 0 Å². The third kappa shape index (κ3) is 2.82. The SMILES string of the molecule is CCN(CC1C=CC(N)C1)CC1CC1. The lowest BCUT2D eigenvalue weighted by atomic mass is 10.1. The highest BCUT2D eigenvalue weighted by molar-refractivity contribution is 5.05. The van der Waals surface area contributed by atoms with Crippen LogP contribution in [0.2, 0.25) is 0 Å². The van der Waals surface area contributed by atoms with Crippen LogP contribution < -0.4 is 5.73 Å². The molecule has 0 amide bonds. The maximum absolute atomic E-state index is 5.85. The highest BCUT2D eigenvalue weighted by Crippen LogP contribution is 2.30. The molecule has 0 saturated heterocycles. The van der Waals surface area contributed by atoms with Crippen LogP contribution in [0.5, 0.6) is 0 Å². The van der Waals surface area contributed by atoms with Crippen molar-refractivity contribution in [1.29, 1.82) is 0 Å². The summed E-state index contributed by atoms with van der Waals surface area (Å²) in [6, 6.07) is 0.319. The maximum Gasteiger partial charge on any atom is 0.0229 e. The molecule has 0 spiro atoms. The minimum absolute atomic E-state index is 0.319. The first-order valence-corrected chi connectivity index (χ1v) is 5.94. The van der Waals surface area contributed by atoms with Crippen LogP contribution in [0.25, 0.3) is 0 Å². The second-order valence-electron chi connectivity index (χ2n) is 4.84. The molecule has 2 unspecified atom stereocenters. The summed E-state index contributed by atoms with van der Waals surface area (Å²) < 4.78 is 0. The average Bonchev–Trinajstić information content (AvgIpc) is 2.89. The van der Waals surface area contributed by atoms with Crippen molar-refractivity contribution >= 4 is 0 Å². The fraction of sp³-hybridized carbons (Fsp3) is 0.833. The summed E-state index contributed by atoms with van der Waals surface area (Å²) >= 11 is 0. The highest BCUT2D eigenvalue weighted by Gasteiger charge is 2.25. The van der Waals surface area contributed by atoms with E-state index in [1.54, 1.807) is 0 Å². The van der Waals surface area contributed by atoms with Crippen LogP contribution in [0.4, 0.5) is 0 Å². The molecule has 2 aliphatic carbocycles. The van der Waals surface area contributed by atoms with Crippen LogP contribution in [-0.4, -0.2) is 30.6 Å². The molecule has 80 valence electrons. The van der Waals surface area contributed by atoms with E-state index in [0.29, 0.717) is 12.0 Å². The smallest absolute Gasteiger partial charge is 0.0229 e. The molecule has 0 radical (unpaired) electrons. The van der Waals surface area contributed by atoms with Crippen LogP contribution in [-0.2, 0) is 0 Å². The molecule has 1 saturated carbocycles. The Morgan fingerprint density at radius 3 is 2.57 bits per heavy atom.